The molecule has 23 heavy (non-hydrogen) atoms. The molecule has 0 atom stereocenters. The van der Waals surface area contributed by atoms with E-state index in [0.717, 1.165) is 6.92 Å². The summed E-state index contributed by atoms with van der Waals surface area (Å²) in [6.07, 6.45) is 0. The second-order valence-electron chi connectivity index (χ2n) is 3.72. The fraction of sp³-hybridized carbons (Fsp3) is 0.0500. The molecule has 115 valence electrons. The molecule has 0 unspecified atom stereocenters. The predicted molar refractivity (Wildman–Crippen MR) is 86.5 cm³/mol. The average molecular weight is 430 g/mol. The van der Waals surface area contributed by atoms with E-state index in [4.69, 9.17) is 9.90 Å². The van der Waals surface area contributed by atoms with E-state index in [1.54, 1.807) is 0 Å². The van der Waals surface area contributed by atoms with E-state index in [1.165, 1.54) is 0 Å². The van der Waals surface area contributed by atoms with Crippen molar-refractivity contribution >= 4 is 5.97 Å². The topological polar surface area (TPSA) is 40.1 Å². The van der Waals surface area contributed by atoms with Gasteiger partial charge in [0.25, 0.3) is 0 Å². The number of carboxylic acids is 1. The SMILES string of the molecule is CC(=O)[O-].[Ce+3].[c-]1ccccc1.[c-]1ccccc1.[c-]1ccccc1. The van der Waals surface area contributed by atoms with E-state index in [-0.39, 0.29) is 41.7 Å². The minimum atomic E-state index is -1.08. The molecule has 0 saturated carbocycles. The van der Waals surface area contributed by atoms with E-state index < -0.39 is 5.97 Å². The van der Waals surface area contributed by atoms with Crippen LogP contribution in [0.1, 0.15) is 6.92 Å². The molecular weight excluding hydrogens is 412 g/mol. The van der Waals surface area contributed by atoms with Crippen LogP contribution in [0.3, 0.4) is 0 Å². The van der Waals surface area contributed by atoms with Gasteiger partial charge in [0, 0.05) is 5.97 Å². The van der Waals surface area contributed by atoms with Crippen molar-refractivity contribution in [3.63, 3.8) is 0 Å². The van der Waals surface area contributed by atoms with E-state index in [9.17, 15) is 0 Å². The fourth-order valence-corrected chi connectivity index (χ4v) is 1.03. The van der Waals surface area contributed by atoms with Crippen molar-refractivity contribution < 1.29 is 51.6 Å². The van der Waals surface area contributed by atoms with Crippen molar-refractivity contribution in [2.24, 2.45) is 0 Å². The summed E-state index contributed by atoms with van der Waals surface area (Å²) in [6.45, 7) is 0.972. The third-order valence-corrected chi connectivity index (χ3v) is 1.82. The van der Waals surface area contributed by atoms with E-state index >= 15 is 0 Å². The van der Waals surface area contributed by atoms with Crippen molar-refractivity contribution in [1.82, 2.24) is 0 Å². The van der Waals surface area contributed by atoms with E-state index in [0.29, 0.717) is 0 Å². The number of carbonyl (C=O) groups excluding carboxylic acids is 1. The number of carboxylic acid groups (broad SMARTS) is 1. The molecule has 0 bridgehead atoms. The zero-order valence-corrected chi connectivity index (χ0v) is 16.1. The van der Waals surface area contributed by atoms with Gasteiger partial charge in [0.15, 0.2) is 0 Å². The largest absolute Gasteiger partial charge is 3.00 e. The summed E-state index contributed by atoms with van der Waals surface area (Å²) in [5.41, 5.74) is 0. The van der Waals surface area contributed by atoms with Crippen LogP contribution in [0.5, 0.6) is 0 Å². The molecule has 0 amide bonds. The molecule has 0 fully saturated rings. The van der Waals surface area contributed by atoms with E-state index in [2.05, 4.69) is 18.2 Å². The van der Waals surface area contributed by atoms with Crippen LogP contribution in [-0.2, 0) is 4.79 Å². The zero-order chi connectivity index (χ0) is 16.3. The molecule has 0 aliphatic carbocycles. The Bertz CT molecular complexity index is 383. The quantitative estimate of drug-likeness (QED) is 0.514. The van der Waals surface area contributed by atoms with Crippen molar-refractivity contribution in [2.45, 2.75) is 6.92 Å². The molecule has 3 heteroatoms. The minimum Gasteiger partial charge on any atom is -0.550 e. The molecule has 0 N–H and O–H groups in total. The van der Waals surface area contributed by atoms with Crippen molar-refractivity contribution in [2.75, 3.05) is 0 Å². The molecule has 2 nitrogen and oxygen atoms in total. The number of rotatable bonds is 0. The molecule has 3 aromatic rings. The number of aliphatic carboxylic acids is 1. The van der Waals surface area contributed by atoms with Gasteiger partial charge >= 0.3 is 41.7 Å². The van der Waals surface area contributed by atoms with Gasteiger partial charge in [-0.3, -0.25) is 0 Å². The summed E-state index contributed by atoms with van der Waals surface area (Å²) in [4.78, 5) is 8.89. The summed E-state index contributed by atoms with van der Waals surface area (Å²) in [6, 6.07) is 37.5. The van der Waals surface area contributed by atoms with Crippen LogP contribution in [0.2, 0.25) is 0 Å². The fourth-order valence-electron chi connectivity index (χ4n) is 1.03. The monoisotopic (exact) mass is 430 g/mol. The van der Waals surface area contributed by atoms with Gasteiger partial charge in [0.2, 0.25) is 0 Å². The van der Waals surface area contributed by atoms with Gasteiger partial charge < -0.3 is 9.90 Å². The van der Waals surface area contributed by atoms with Crippen LogP contribution in [0.15, 0.2) is 91.0 Å². The normalized spacial score (nSPS) is 7.35. The third kappa shape index (κ3) is 25.8. The Kier molecular flexibility index (Phi) is 21.2. The minimum absolute atomic E-state index is 0. The molecule has 1 radical (unpaired) electrons. The van der Waals surface area contributed by atoms with Crippen LogP contribution in [0.4, 0.5) is 0 Å². The van der Waals surface area contributed by atoms with Crippen LogP contribution >= 0.6 is 0 Å². The first-order chi connectivity index (χ1) is 10.7. The number of benzene rings is 3. The first-order valence-corrected chi connectivity index (χ1v) is 6.64. The second-order valence-corrected chi connectivity index (χ2v) is 3.72. The van der Waals surface area contributed by atoms with Crippen molar-refractivity contribution in [3.05, 3.63) is 109 Å². The van der Waals surface area contributed by atoms with Gasteiger partial charge in [0.1, 0.15) is 0 Å². The Balaban J connectivity index is 0. The Morgan fingerprint density at radius 2 is 0.783 bits per heavy atom. The van der Waals surface area contributed by atoms with Crippen LogP contribution in [0, 0.1) is 59.9 Å². The molecule has 0 aromatic heterocycles. The van der Waals surface area contributed by atoms with Crippen LogP contribution in [0.25, 0.3) is 0 Å². The molecule has 0 aliphatic rings. The Labute approximate surface area is 172 Å². The smallest absolute Gasteiger partial charge is 0.550 e. The summed E-state index contributed by atoms with van der Waals surface area (Å²) in [5, 5.41) is 8.89. The van der Waals surface area contributed by atoms with Crippen molar-refractivity contribution in [1.29, 1.82) is 0 Å². The molecule has 3 rings (SSSR count). The Morgan fingerprint density at radius 3 is 0.826 bits per heavy atom. The third-order valence-electron chi connectivity index (χ3n) is 1.82. The summed E-state index contributed by atoms with van der Waals surface area (Å²) in [5.74, 6) is -1.08. The summed E-state index contributed by atoms with van der Waals surface area (Å²) >= 11 is 0. The average Bonchev–Trinajstić information content (AvgIpc) is 2.60. The van der Waals surface area contributed by atoms with Crippen LogP contribution < -0.4 is 5.11 Å². The van der Waals surface area contributed by atoms with Gasteiger partial charge in [-0.15, -0.1) is 0 Å². The molecular formula is C20H18CeO2-. The van der Waals surface area contributed by atoms with Crippen LogP contribution in [-0.4, -0.2) is 5.97 Å². The number of hydrogen-bond donors (Lipinski definition) is 0. The van der Waals surface area contributed by atoms with Gasteiger partial charge in [-0.05, 0) is 6.92 Å². The Hall–Kier alpha value is -1.49. The van der Waals surface area contributed by atoms with Gasteiger partial charge in [-0.1, -0.05) is 0 Å². The summed E-state index contributed by atoms with van der Waals surface area (Å²) < 4.78 is 0. The summed E-state index contributed by atoms with van der Waals surface area (Å²) in [7, 11) is 0. The zero-order valence-electron chi connectivity index (χ0n) is 13.0. The first kappa shape index (κ1) is 23.8. The maximum atomic E-state index is 8.89. The van der Waals surface area contributed by atoms with E-state index in [1.807, 2.05) is 91.0 Å². The van der Waals surface area contributed by atoms with Crippen molar-refractivity contribution in [3.8, 4) is 0 Å². The second kappa shape index (κ2) is 20.5. The molecule has 0 heterocycles. The molecule has 0 saturated heterocycles. The Morgan fingerprint density at radius 1 is 0.609 bits per heavy atom. The molecule has 3 aromatic carbocycles. The van der Waals surface area contributed by atoms with Gasteiger partial charge in [0.05, 0.1) is 0 Å². The number of hydrogen-bond acceptors (Lipinski definition) is 2. The maximum absolute atomic E-state index is 8.89. The number of carbonyl (C=O) groups is 1. The molecule has 0 spiro atoms. The molecule has 0 aliphatic heterocycles. The van der Waals surface area contributed by atoms with Gasteiger partial charge in [-0.2, -0.15) is 109 Å². The maximum Gasteiger partial charge on any atom is 3.00 e. The predicted octanol–water partition coefficient (Wildman–Crippen LogP) is 3.22. The standard InChI is InChI=1S/3C6H5.C2H4O2.Ce/c3*1-2-4-6-5-3-1;1-2(3)4;/h3*1-5H;1H3,(H,3,4);/q3*-1;;+3/p-1. The first-order valence-electron chi connectivity index (χ1n) is 6.64. The van der Waals surface area contributed by atoms with Gasteiger partial charge in [-0.25, -0.2) is 0 Å².